The maximum Gasteiger partial charge on any atom is 0.421 e. The van der Waals surface area contributed by atoms with Crippen LogP contribution in [0.5, 0.6) is 0 Å². The van der Waals surface area contributed by atoms with Crippen LogP contribution >= 0.6 is 7.60 Å². The van der Waals surface area contributed by atoms with Crippen molar-refractivity contribution in [1.82, 2.24) is 15.0 Å². The van der Waals surface area contributed by atoms with E-state index in [1.54, 1.807) is 50.2 Å². The third-order valence-corrected chi connectivity index (χ3v) is 11.7. The van der Waals surface area contributed by atoms with E-state index in [-0.39, 0.29) is 36.5 Å². The number of nitrogens with zero attached hydrogens (tertiary/aromatic N) is 4. The van der Waals surface area contributed by atoms with Gasteiger partial charge in [0.25, 0.3) is 0 Å². The van der Waals surface area contributed by atoms with Crippen molar-refractivity contribution in [3.63, 3.8) is 0 Å². The smallest absolute Gasteiger partial charge is 0.365 e. The lowest BCUT2D eigenvalue weighted by atomic mass is 9.83. The molecule has 0 amide bonds. The molecule has 0 aliphatic rings. The molecule has 2 aromatic heterocycles. The summed E-state index contributed by atoms with van der Waals surface area (Å²) >= 11 is 0. The van der Waals surface area contributed by atoms with Gasteiger partial charge in [0.05, 0.1) is 10.9 Å². The fraction of sp³-hybridized carbons (Fsp3) is 0.483. The Morgan fingerprint density at radius 1 is 1.02 bits per heavy atom. The fourth-order valence-corrected chi connectivity index (χ4v) is 8.23. The molecule has 248 valence electrons. The summed E-state index contributed by atoms with van der Waals surface area (Å²) in [5.74, 6) is -0.990. The van der Waals surface area contributed by atoms with Crippen LogP contribution in [0.2, 0.25) is 0 Å². The van der Waals surface area contributed by atoms with Crippen LogP contribution in [0.4, 0.5) is 36.4 Å². The van der Waals surface area contributed by atoms with Crippen molar-refractivity contribution in [3.05, 3.63) is 65.5 Å². The molecule has 0 bridgehead atoms. The van der Waals surface area contributed by atoms with Gasteiger partial charge in [0.1, 0.15) is 17.2 Å². The predicted molar refractivity (Wildman–Crippen MR) is 169 cm³/mol. The van der Waals surface area contributed by atoms with Crippen LogP contribution < -0.4 is 14.9 Å². The third kappa shape index (κ3) is 8.13. The van der Waals surface area contributed by atoms with Crippen molar-refractivity contribution < 1.29 is 35.9 Å². The van der Waals surface area contributed by atoms with E-state index in [4.69, 9.17) is 0 Å². The Kier molecular flexibility index (Phi) is 11.6. The van der Waals surface area contributed by atoms with E-state index in [0.717, 1.165) is 4.31 Å². The zero-order valence-electron chi connectivity index (χ0n) is 25.8. The van der Waals surface area contributed by atoms with E-state index in [1.165, 1.54) is 13.1 Å². The molecule has 1 aromatic carbocycles. The first-order valence-corrected chi connectivity index (χ1v) is 17.8. The van der Waals surface area contributed by atoms with Crippen molar-refractivity contribution in [2.75, 3.05) is 27.2 Å². The topological polar surface area (TPSA) is 158 Å². The van der Waals surface area contributed by atoms with Gasteiger partial charge in [-0.25, -0.2) is 18.4 Å². The summed E-state index contributed by atoms with van der Waals surface area (Å²) in [5, 5.41) is 4.10. The number of hydrogen-bond donors (Lipinski definition) is 4. The summed E-state index contributed by atoms with van der Waals surface area (Å²) in [4.78, 5) is 32.6. The summed E-state index contributed by atoms with van der Waals surface area (Å²) in [6.45, 7) is 8.53. The highest BCUT2D eigenvalue weighted by Gasteiger charge is 2.48. The van der Waals surface area contributed by atoms with Gasteiger partial charge in [-0.2, -0.15) is 18.2 Å². The van der Waals surface area contributed by atoms with Crippen LogP contribution in [0.3, 0.4) is 0 Å². The molecule has 2 heterocycles. The molecule has 0 radical (unpaired) electrons. The minimum Gasteiger partial charge on any atom is -0.365 e. The lowest BCUT2D eigenvalue weighted by Crippen LogP contribution is -2.34. The van der Waals surface area contributed by atoms with E-state index in [1.807, 2.05) is 13.8 Å². The van der Waals surface area contributed by atoms with Crippen LogP contribution in [0.15, 0.2) is 48.8 Å². The minimum atomic E-state index is -4.79. The van der Waals surface area contributed by atoms with Crippen molar-refractivity contribution in [2.24, 2.45) is 5.92 Å². The Balaban J connectivity index is 1.93. The van der Waals surface area contributed by atoms with Gasteiger partial charge in [0.15, 0.2) is 0 Å². The second-order valence-corrected chi connectivity index (χ2v) is 14.7. The van der Waals surface area contributed by atoms with Crippen molar-refractivity contribution in [1.29, 1.82) is 0 Å². The van der Waals surface area contributed by atoms with Crippen LogP contribution in [0.25, 0.3) is 0 Å². The predicted octanol–water partition coefficient (Wildman–Crippen LogP) is 6.64. The molecule has 0 aliphatic carbocycles. The van der Waals surface area contributed by atoms with Crippen LogP contribution in [-0.4, -0.2) is 45.5 Å². The second-order valence-electron chi connectivity index (χ2n) is 10.7. The van der Waals surface area contributed by atoms with Gasteiger partial charge in [-0.1, -0.05) is 51.8 Å². The normalized spacial score (nSPS) is 13.8. The van der Waals surface area contributed by atoms with Gasteiger partial charge >= 0.3 is 13.8 Å². The standard InChI is InChI=1S/C29H40F3N6O5PS/c1-6-17-45(42,43)38(9-4)26-20(11-10-16-33-26)18-34-25-24(29(30,31)32)19-35-27(37-25)36-23-14-12-22(13-15-23)28(5,44(39,40)41)21(7-2)8-3/h10-16,19,21H,6-9,17-18H2,1-5H3,(H2,39,40,41)(H2,34,35,36,37). The molecule has 0 fully saturated rings. The van der Waals surface area contributed by atoms with Crippen molar-refractivity contribution in [3.8, 4) is 0 Å². The molecule has 45 heavy (non-hydrogen) atoms. The number of nitrogens with one attached hydrogen (secondary N) is 2. The monoisotopic (exact) mass is 672 g/mol. The Morgan fingerprint density at radius 3 is 2.20 bits per heavy atom. The summed E-state index contributed by atoms with van der Waals surface area (Å²) in [7, 11) is -8.27. The van der Waals surface area contributed by atoms with E-state index in [2.05, 4.69) is 25.6 Å². The van der Waals surface area contributed by atoms with E-state index < -0.39 is 40.3 Å². The zero-order chi connectivity index (χ0) is 33.6. The first kappa shape index (κ1) is 36.2. The lowest BCUT2D eigenvalue weighted by Gasteiger charge is -2.37. The van der Waals surface area contributed by atoms with Crippen molar-refractivity contribution in [2.45, 2.75) is 71.8 Å². The molecular formula is C29H40F3N6O5PS. The van der Waals surface area contributed by atoms with Crippen LogP contribution in [-0.2, 0) is 32.5 Å². The average Bonchev–Trinajstić information content (AvgIpc) is 2.96. The van der Waals surface area contributed by atoms with E-state index in [0.29, 0.717) is 42.3 Å². The van der Waals surface area contributed by atoms with Gasteiger partial charge in [-0.3, -0.25) is 8.87 Å². The molecule has 3 rings (SSSR count). The number of aromatic nitrogens is 3. The molecule has 3 aromatic rings. The molecule has 0 aliphatic heterocycles. The molecule has 0 saturated heterocycles. The number of alkyl halides is 3. The lowest BCUT2D eigenvalue weighted by molar-refractivity contribution is -0.137. The Hall–Kier alpha value is -3.26. The molecule has 16 heteroatoms. The largest absolute Gasteiger partial charge is 0.421 e. The van der Waals surface area contributed by atoms with E-state index in [9.17, 15) is 35.9 Å². The van der Waals surface area contributed by atoms with Gasteiger partial charge < -0.3 is 20.4 Å². The summed E-state index contributed by atoms with van der Waals surface area (Å²) in [6, 6.07) is 9.37. The highest BCUT2D eigenvalue weighted by molar-refractivity contribution is 7.92. The number of rotatable bonds is 15. The Morgan fingerprint density at radius 2 is 1.67 bits per heavy atom. The van der Waals surface area contributed by atoms with Crippen LogP contribution in [0, 0.1) is 5.92 Å². The number of halogens is 3. The number of benzene rings is 1. The molecule has 1 unspecified atom stereocenters. The number of anilines is 4. The second kappa shape index (κ2) is 14.4. The molecule has 11 nitrogen and oxygen atoms in total. The minimum absolute atomic E-state index is 0.0887. The summed E-state index contributed by atoms with van der Waals surface area (Å²) < 4.78 is 81.1. The summed E-state index contributed by atoms with van der Waals surface area (Å²) in [6.07, 6.45) is -1.25. The van der Waals surface area contributed by atoms with Gasteiger partial charge in [-0.15, -0.1) is 0 Å². The maximum atomic E-state index is 13.9. The quantitative estimate of drug-likeness (QED) is 0.129. The SMILES string of the molecule is CCCS(=O)(=O)N(CC)c1ncccc1CNc1nc(Nc2ccc(C(C)(C(CC)CC)P(=O)(O)O)cc2)ncc1C(F)(F)F. The first-order valence-electron chi connectivity index (χ1n) is 14.6. The van der Waals surface area contributed by atoms with Gasteiger partial charge in [0.2, 0.25) is 16.0 Å². The summed E-state index contributed by atoms with van der Waals surface area (Å²) in [5.41, 5.74) is 0.0419. The number of sulfonamides is 1. The third-order valence-electron chi connectivity index (χ3n) is 7.84. The zero-order valence-corrected chi connectivity index (χ0v) is 27.5. The average molecular weight is 673 g/mol. The number of pyridine rings is 1. The Labute approximate surface area is 261 Å². The Bertz CT molecular complexity index is 1600. The fourth-order valence-electron chi connectivity index (χ4n) is 5.35. The van der Waals surface area contributed by atoms with E-state index >= 15 is 0 Å². The highest BCUT2D eigenvalue weighted by atomic mass is 32.2. The molecule has 0 spiro atoms. The van der Waals surface area contributed by atoms with Gasteiger partial charge in [-0.05, 0) is 49.9 Å². The maximum absolute atomic E-state index is 13.9. The number of hydrogen-bond acceptors (Lipinski definition) is 8. The first-order chi connectivity index (χ1) is 21.0. The highest BCUT2D eigenvalue weighted by Crippen LogP contribution is 2.62. The van der Waals surface area contributed by atoms with Crippen molar-refractivity contribution >= 4 is 40.9 Å². The molecule has 4 N–H and O–H groups in total. The molecule has 1 atom stereocenters. The van der Waals surface area contributed by atoms with Gasteiger partial charge in [0, 0.05) is 36.7 Å². The molecular weight excluding hydrogens is 632 g/mol. The van der Waals surface area contributed by atoms with Crippen LogP contribution in [0.1, 0.15) is 70.6 Å². The molecule has 0 saturated carbocycles.